The average molecular weight is 391 g/mol. The lowest BCUT2D eigenvalue weighted by Crippen LogP contribution is -2.44. The maximum Gasteiger partial charge on any atom is 0.251 e. The van der Waals surface area contributed by atoms with Crippen molar-refractivity contribution < 1.29 is 9.47 Å². The summed E-state index contributed by atoms with van der Waals surface area (Å²) in [6.45, 7) is 5.89. The average Bonchev–Trinajstić information content (AvgIpc) is 2.69. The molecule has 3 rings (SSSR count). The van der Waals surface area contributed by atoms with Crippen LogP contribution >= 0.6 is 12.2 Å². The van der Waals surface area contributed by atoms with Crippen molar-refractivity contribution in [3.63, 3.8) is 0 Å². The first kappa shape index (κ1) is 19.6. The van der Waals surface area contributed by atoms with Gasteiger partial charge in [0.15, 0.2) is 5.11 Å². The predicted octanol–water partition coefficient (Wildman–Crippen LogP) is 0.876. The molecule has 3 N–H and O–H groups in total. The van der Waals surface area contributed by atoms with Crippen LogP contribution in [0, 0.1) is 0 Å². The van der Waals surface area contributed by atoms with E-state index in [9.17, 15) is 4.79 Å². The second kappa shape index (κ2) is 9.68. The number of methoxy groups -OCH3 is 1. The van der Waals surface area contributed by atoms with Crippen molar-refractivity contribution in [2.75, 3.05) is 53.0 Å². The maximum atomic E-state index is 12.3. The number of hydrogen-bond donors (Lipinski definition) is 3. The lowest BCUT2D eigenvalue weighted by molar-refractivity contribution is 0.0389. The van der Waals surface area contributed by atoms with Gasteiger partial charge >= 0.3 is 0 Å². The Morgan fingerprint density at radius 3 is 2.81 bits per heavy atom. The van der Waals surface area contributed by atoms with Crippen LogP contribution < -0.4 is 20.9 Å². The minimum atomic E-state index is -0.0799. The van der Waals surface area contributed by atoms with Crippen molar-refractivity contribution in [2.24, 2.45) is 0 Å². The second-order valence-corrected chi connectivity index (χ2v) is 6.87. The monoisotopic (exact) mass is 390 g/mol. The topological polar surface area (TPSA) is 78.6 Å². The zero-order valence-electron chi connectivity index (χ0n) is 15.5. The fourth-order valence-corrected chi connectivity index (χ4v) is 3.27. The van der Waals surface area contributed by atoms with Crippen molar-refractivity contribution in [3.8, 4) is 5.75 Å². The standard InChI is InChI=1S/C19H26N4O3S/c1-25-16-3-2-14-12-15(18(24)22-17(14)13-16)4-5-20-19(27)21-6-7-23-8-10-26-11-9-23/h2-3,12-13H,4-11H2,1H3,(H,22,24)(H2,20,21,27). The number of fused-ring (bicyclic) bond motifs is 1. The first-order chi connectivity index (χ1) is 13.2. The third kappa shape index (κ3) is 5.66. The molecule has 27 heavy (non-hydrogen) atoms. The lowest BCUT2D eigenvalue weighted by atomic mass is 10.1. The summed E-state index contributed by atoms with van der Waals surface area (Å²) < 4.78 is 10.5. The molecule has 2 aromatic rings. The first-order valence-electron chi connectivity index (χ1n) is 9.17. The molecule has 1 aromatic heterocycles. The molecule has 7 nitrogen and oxygen atoms in total. The molecule has 0 amide bonds. The molecule has 1 fully saturated rings. The van der Waals surface area contributed by atoms with Gasteiger partial charge < -0.3 is 25.1 Å². The quantitative estimate of drug-likeness (QED) is 0.606. The summed E-state index contributed by atoms with van der Waals surface area (Å²) in [5, 5.41) is 7.98. The Morgan fingerprint density at radius 2 is 2.04 bits per heavy atom. The van der Waals surface area contributed by atoms with Crippen LogP contribution in [0.3, 0.4) is 0 Å². The highest BCUT2D eigenvalue weighted by Gasteiger charge is 2.09. The molecule has 0 bridgehead atoms. The molecule has 0 unspecified atom stereocenters. The van der Waals surface area contributed by atoms with E-state index < -0.39 is 0 Å². The minimum absolute atomic E-state index is 0.0799. The number of benzene rings is 1. The maximum absolute atomic E-state index is 12.3. The van der Waals surface area contributed by atoms with Crippen molar-refractivity contribution in [1.29, 1.82) is 0 Å². The fourth-order valence-electron chi connectivity index (χ4n) is 3.06. The van der Waals surface area contributed by atoms with Crippen LogP contribution in [0.25, 0.3) is 10.9 Å². The van der Waals surface area contributed by atoms with E-state index in [2.05, 4.69) is 20.5 Å². The van der Waals surface area contributed by atoms with E-state index in [-0.39, 0.29) is 5.56 Å². The van der Waals surface area contributed by atoms with E-state index >= 15 is 0 Å². The molecule has 8 heteroatoms. The fraction of sp³-hybridized carbons (Fsp3) is 0.474. The Labute approximate surface area is 164 Å². The Balaban J connectivity index is 1.44. The Hall–Kier alpha value is -2.16. The van der Waals surface area contributed by atoms with Crippen molar-refractivity contribution in [1.82, 2.24) is 20.5 Å². The van der Waals surface area contributed by atoms with E-state index in [0.717, 1.165) is 61.6 Å². The number of ether oxygens (including phenoxy) is 2. The van der Waals surface area contributed by atoms with Crippen LogP contribution in [0.2, 0.25) is 0 Å². The van der Waals surface area contributed by atoms with Crippen LogP contribution in [0.5, 0.6) is 5.75 Å². The summed E-state index contributed by atoms with van der Waals surface area (Å²) in [5.41, 5.74) is 1.43. The van der Waals surface area contributed by atoms with Gasteiger partial charge in [-0.15, -0.1) is 0 Å². The van der Waals surface area contributed by atoms with Crippen molar-refractivity contribution in [2.45, 2.75) is 6.42 Å². The van der Waals surface area contributed by atoms with Gasteiger partial charge in [0.05, 0.1) is 25.8 Å². The van der Waals surface area contributed by atoms with Crippen molar-refractivity contribution in [3.05, 3.63) is 40.2 Å². The summed E-state index contributed by atoms with van der Waals surface area (Å²) in [7, 11) is 1.61. The number of morpholine rings is 1. The number of thiocarbonyl (C=S) groups is 1. The zero-order chi connectivity index (χ0) is 19.1. The number of nitrogens with zero attached hydrogens (tertiary/aromatic N) is 1. The molecule has 2 heterocycles. The van der Waals surface area contributed by atoms with Gasteiger partial charge in [-0.3, -0.25) is 9.69 Å². The number of H-pyrrole nitrogens is 1. The highest BCUT2D eigenvalue weighted by Crippen LogP contribution is 2.18. The number of aromatic nitrogens is 1. The van der Waals surface area contributed by atoms with Gasteiger partial charge in [0, 0.05) is 44.4 Å². The number of aromatic amines is 1. The molecular weight excluding hydrogens is 364 g/mol. The normalized spacial score (nSPS) is 14.9. The van der Waals surface area contributed by atoms with Gasteiger partial charge in [0.25, 0.3) is 5.56 Å². The van der Waals surface area contributed by atoms with E-state index in [4.69, 9.17) is 21.7 Å². The molecule has 0 aliphatic carbocycles. The molecule has 1 saturated heterocycles. The summed E-state index contributed by atoms with van der Waals surface area (Å²) in [5.74, 6) is 0.723. The zero-order valence-corrected chi connectivity index (χ0v) is 16.4. The Bertz CT molecular complexity index is 833. The molecule has 0 spiro atoms. The molecule has 0 atom stereocenters. The Morgan fingerprint density at radius 1 is 1.26 bits per heavy atom. The van der Waals surface area contributed by atoms with E-state index in [1.54, 1.807) is 7.11 Å². The second-order valence-electron chi connectivity index (χ2n) is 6.46. The molecule has 1 aliphatic heterocycles. The molecule has 1 aliphatic rings. The number of hydrogen-bond acceptors (Lipinski definition) is 5. The van der Waals surface area contributed by atoms with Crippen LogP contribution in [-0.4, -0.2) is 68.0 Å². The van der Waals surface area contributed by atoms with E-state index in [0.29, 0.717) is 18.1 Å². The summed E-state index contributed by atoms with van der Waals surface area (Å²) in [6.07, 6.45) is 0.600. The third-order valence-corrected chi connectivity index (χ3v) is 4.92. The Kier molecular flexibility index (Phi) is 7.03. The molecule has 0 saturated carbocycles. The molecule has 146 valence electrons. The van der Waals surface area contributed by atoms with Gasteiger partial charge in [-0.05, 0) is 42.2 Å². The van der Waals surface area contributed by atoms with Crippen LogP contribution in [0.4, 0.5) is 0 Å². The summed E-state index contributed by atoms with van der Waals surface area (Å²) in [4.78, 5) is 17.5. The summed E-state index contributed by atoms with van der Waals surface area (Å²) in [6, 6.07) is 7.57. The van der Waals surface area contributed by atoms with Gasteiger partial charge in [-0.2, -0.15) is 0 Å². The third-order valence-electron chi connectivity index (χ3n) is 4.63. The number of nitrogens with one attached hydrogen (secondary N) is 3. The van der Waals surface area contributed by atoms with Gasteiger partial charge in [-0.25, -0.2) is 0 Å². The van der Waals surface area contributed by atoms with Crippen molar-refractivity contribution >= 4 is 28.2 Å². The van der Waals surface area contributed by atoms with E-state index in [1.165, 1.54) is 0 Å². The van der Waals surface area contributed by atoms with Crippen LogP contribution in [0.1, 0.15) is 5.56 Å². The van der Waals surface area contributed by atoms with Gasteiger partial charge in [0.2, 0.25) is 0 Å². The largest absolute Gasteiger partial charge is 0.497 e. The first-order valence-corrected chi connectivity index (χ1v) is 9.58. The van der Waals surface area contributed by atoms with Crippen LogP contribution in [0.15, 0.2) is 29.1 Å². The van der Waals surface area contributed by atoms with E-state index in [1.807, 2.05) is 24.3 Å². The number of pyridine rings is 1. The number of rotatable bonds is 7. The molecule has 0 radical (unpaired) electrons. The lowest BCUT2D eigenvalue weighted by Gasteiger charge is -2.26. The highest BCUT2D eigenvalue weighted by molar-refractivity contribution is 7.80. The van der Waals surface area contributed by atoms with Gasteiger partial charge in [0.1, 0.15) is 5.75 Å². The summed E-state index contributed by atoms with van der Waals surface area (Å²) >= 11 is 5.31. The SMILES string of the molecule is COc1ccc2cc(CCNC(=S)NCCN3CCOCC3)c(=O)[nH]c2c1. The minimum Gasteiger partial charge on any atom is -0.497 e. The predicted molar refractivity (Wildman–Crippen MR) is 111 cm³/mol. The van der Waals surface area contributed by atoms with Crippen LogP contribution in [-0.2, 0) is 11.2 Å². The van der Waals surface area contributed by atoms with Gasteiger partial charge in [-0.1, -0.05) is 0 Å². The smallest absolute Gasteiger partial charge is 0.251 e. The highest BCUT2D eigenvalue weighted by atomic mass is 32.1. The molecule has 1 aromatic carbocycles. The molecular formula is C19H26N4O3S.